The van der Waals surface area contributed by atoms with Gasteiger partial charge >= 0.3 is 0 Å². The van der Waals surface area contributed by atoms with Crippen molar-refractivity contribution in [2.45, 2.75) is 0 Å². The Balaban J connectivity index is 2.46. The van der Waals surface area contributed by atoms with Crippen LogP contribution in [0.5, 0.6) is 28.7 Å². The molecule has 3 N–H and O–H groups in total. The summed E-state index contributed by atoms with van der Waals surface area (Å²) in [7, 11) is 2.52. The predicted octanol–water partition coefficient (Wildman–Crippen LogP) is 2.59. The van der Waals surface area contributed by atoms with Crippen LogP contribution in [-0.2, 0) is 0 Å². The smallest absolute Gasteiger partial charge is 0.239 e. The molecule has 1 heterocycles. The van der Waals surface area contributed by atoms with Crippen molar-refractivity contribution in [2.75, 3.05) is 14.2 Å². The zero-order valence-electron chi connectivity index (χ0n) is 12.9. The van der Waals surface area contributed by atoms with Crippen LogP contribution in [0.25, 0.3) is 22.3 Å². The van der Waals surface area contributed by atoms with Crippen LogP contribution in [0.15, 0.2) is 39.5 Å². The number of ether oxygens (including phenoxy) is 2. The maximum Gasteiger partial charge on any atom is 0.239 e. The van der Waals surface area contributed by atoms with E-state index in [-0.39, 0.29) is 45.3 Å². The largest absolute Gasteiger partial charge is 0.507 e. The Morgan fingerprint density at radius 3 is 2.25 bits per heavy atom. The normalized spacial score (nSPS) is 10.8. The van der Waals surface area contributed by atoms with Crippen LogP contribution in [0.4, 0.5) is 0 Å². The second-order valence-corrected chi connectivity index (χ2v) is 4.96. The quantitative estimate of drug-likeness (QED) is 0.677. The zero-order valence-corrected chi connectivity index (χ0v) is 12.9. The van der Waals surface area contributed by atoms with Gasteiger partial charge in [0.2, 0.25) is 16.9 Å². The minimum atomic E-state index is -0.659. The molecular formula is C17H14O7. The van der Waals surface area contributed by atoms with Gasteiger partial charge in [-0.1, -0.05) is 12.1 Å². The summed E-state index contributed by atoms with van der Waals surface area (Å²) >= 11 is 0. The molecule has 0 aliphatic carbocycles. The number of para-hydroxylation sites is 1. The van der Waals surface area contributed by atoms with Crippen molar-refractivity contribution >= 4 is 11.0 Å². The summed E-state index contributed by atoms with van der Waals surface area (Å²) in [5, 5.41) is 29.9. The van der Waals surface area contributed by atoms with E-state index >= 15 is 0 Å². The van der Waals surface area contributed by atoms with Crippen molar-refractivity contribution in [2.24, 2.45) is 0 Å². The highest BCUT2D eigenvalue weighted by atomic mass is 16.5. The Bertz CT molecular complexity index is 988. The summed E-state index contributed by atoms with van der Waals surface area (Å²) in [6.07, 6.45) is 0. The highest BCUT2D eigenvalue weighted by Crippen LogP contribution is 2.44. The number of hydrogen-bond acceptors (Lipinski definition) is 7. The number of aromatic hydroxyl groups is 3. The fourth-order valence-electron chi connectivity index (χ4n) is 2.52. The third-order valence-corrected chi connectivity index (χ3v) is 3.61. The lowest BCUT2D eigenvalue weighted by atomic mass is 10.1. The molecule has 124 valence electrons. The standard InChI is InChI=1S/C17H14O7/c1-22-16-10(19)7-11-12(13(16)20)14(21)17(23-2)15(24-11)8-5-3-4-6-9(8)18/h3-7,18-20H,1-2H3. The summed E-state index contributed by atoms with van der Waals surface area (Å²) in [6.45, 7) is 0. The first kappa shape index (κ1) is 15.5. The van der Waals surface area contributed by atoms with Gasteiger partial charge in [0.25, 0.3) is 0 Å². The summed E-state index contributed by atoms with van der Waals surface area (Å²) in [5.74, 6) is -1.50. The molecule has 0 radical (unpaired) electrons. The van der Waals surface area contributed by atoms with Crippen molar-refractivity contribution in [3.8, 4) is 40.1 Å². The van der Waals surface area contributed by atoms with Gasteiger partial charge in [0, 0.05) is 6.07 Å². The van der Waals surface area contributed by atoms with Gasteiger partial charge in [-0.25, -0.2) is 0 Å². The van der Waals surface area contributed by atoms with Crippen LogP contribution < -0.4 is 14.9 Å². The van der Waals surface area contributed by atoms with Crippen molar-refractivity contribution in [1.82, 2.24) is 0 Å². The molecule has 0 spiro atoms. The summed E-state index contributed by atoms with van der Waals surface area (Å²) in [5.41, 5.74) is -0.495. The number of fused-ring (bicyclic) bond motifs is 1. The Morgan fingerprint density at radius 1 is 0.958 bits per heavy atom. The second kappa shape index (κ2) is 5.69. The van der Waals surface area contributed by atoms with E-state index in [9.17, 15) is 20.1 Å². The molecule has 0 aliphatic heterocycles. The molecular weight excluding hydrogens is 316 g/mol. The molecule has 3 aromatic rings. The van der Waals surface area contributed by atoms with Crippen LogP contribution in [0, 0.1) is 0 Å². The number of hydrogen-bond donors (Lipinski definition) is 3. The maximum atomic E-state index is 12.7. The molecule has 0 aliphatic rings. The minimum absolute atomic E-state index is 0.0166. The molecule has 3 rings (SSSR count). The van der Waals surface area contributed by atoms with Gasteiger partial charge in [-0.05, 0) is 12.1 Å². The van der Waals surface area contributed by atoms with E-state index in [1.165, 1.54) is 20.3 Å². The molecule has 2 aromatic carbocycles. The van der Waals surface area contributed by atoms with Crippen LogP contribution in [0.3, 0.4) is 0 Å². The maximum absolute atomic E-state index is 12.7. The lowest BCUT2D eigenvalue weighted by Gasteiger charge is -2.12. The molecule has 0 amide bonds. The van der Waals surface area contributed by atoms with Gasteiger partial charge in [0.05, 0.1) is 19.8 Å². The molecule has 0 atom stereocenters. The monoisotopic (exact) mass is 330 g/mol. The number of phenols is 3. The molecule has 0 bridgehead atoms. The zero-order chi connectivity index (χ0) is 17.4. The van der Waals surface area contributed by atoms with Crippen LogP contribution >= 0.6 is 0 Å². The third kappa shape index (κ3) is 2.18. The number of methoxy groups -OCH3 is 2. The topological polar surface area (TPSA) is 109 Å². The first-order valence-corrected chi connectivity index (χ1v) is 6.91. The van der Waals surface area contributed by atoms with Crippen molar-refractivity contribution in [3.05, 3.63) is 40.6 Å². The second-order valence-electron chi connectivity index (χ2n) is 4.96. The number of rotatable bonds is 3. The van der Waals surface area contributed by atoms with E-state index in [4.69, 9.17) is 13.9 Å². The molecule has 0 saturated carbocycles. The van der Waals surface area contributed by atoms with Gasteiger partial charge in [-0.15, -0.1) is 0 Å². The third-order valence-electron chi connectivity index (χ3n) is 3.61. The fourth-order valence-corrected chi connectivity index (χ4v) is 2.52. The first-order valence-electron chi connectivity index (χ1n) is 6.91. The van der Waals surface area contributed by atoms with Gasteiger partial charge in [0.1, 0.15) is 16.7 Å². The summed E-state index contributed by atoms with van der Waals surface area (Å²) in [4.78, 5) is 12.7. The van der Waals surface area contributed by atoms with E-state index in [0.717, 1.165) is 6.07 Å². The van der Waals surface area contributed by atoms with Gasteiger partial charge in [-0.2, -0.15) is 0 Å². The molecule has 0 fully saturated rings. The van der Waals surface area contributed by atoms with Crippen LogP contribution in [0.2, 0.25) is 0 Å². The van der Waals surface area contributed by atoms with E-state index in [2.05, 4.69) is 0 Å². The lowest BCUT2D eigenvalue weighted by Crippen LogP contribution is -2.08. The fraction of sp³-hybridized carbons (Fsp3) is 0.118. The van der Waals surface area contributed by atoms with Gasteiger partial charge < -0.3 is 29.2 Å². The van der Waals surface area contributed by atoms with Crippen molar-refractivity contribution in [3.63, 3.8) is 0 Å². The van der Waals surface area contributed by atoms with E-state index in [0.29, 0.717) is 0 Å². The molecule has 7 nitrogen and oxygen atoms in total. The Hall–Kier alpha value is -3.35. The van der Waals surface area contributed by atoms with Crippen LogP contribution in [-0.4, -0.2) is 29.5 Å². The molecule has 24 heavy (non-hydrogen) atoms. The highest BCUT2D eigenvalue weighted by Gasteiger charge is 2.24. The predicted molar refractivity (Wildman–Crippen MR) is 86.0 cm³/mol. The Morgan fingerprint density at radius 2 is 1.62 bits per heavy atom. The average molecular weight is 330 g/mol. The van der Waals surface area contributed by atoms with Gasteiger partial charge in [0.15, 0.2) is 17.3 Å². The molecule has 1 aromatic heterocycles. The van der Waals surface area contributed by atoms with Crippen molar-refractivity contribution in [1.29, 1.82) is 0 Å². The van der Waals surface area contributed by atoms with E-state index < -0.39 is 11.2 Å². The minimum Gasteiger partial charge on any atom is -0.507 e. The Labute approximate surface area is 135 Å². The van der Waals surface area contributed by atoms with E-state index in [1.807, 2.05) is 0 Å². The molecule has 7 heteroatoms. The average Bonchev–Trinajstić information content (AvgIpc) is 2.55. The summed E-state index contributed by atoms with van der Waals surface area (Å²) < 4.78 is 15.6. The van der Waals surface area contributed by atoms with Gasteiger partial charge in [-0.3, -0.25) is 4.79 Å². The first-order chi connectivity index (χ1) is 11.5. The Kier molecular flexibility index (Phi) is 3.69. The number of benzene rings is 2. The lowest BCUT2D eigenvalue weighted by molar-refractivity contribution is 0.345. The van der Waals surface area contributed by atoms with E-state index in [1.54, 1.807) is 18.2 Å². The van der Waals surface area contributed by atoms with Crippen LogP contribution in [0.1, 0.15) is 0 Å². The van der Waals surface area contributed by atoms with Crippen molar-refractivity contribution < 1.29 is 29.2 Å². The molecule has 0 unspecified atom stereocenters. The number of phenolic OH excluding ortho intramolecular Hbond substituents is 3. The summed E-state index contributed by atoms with van der Waals surface area (Å²) in [6, 6.07) is 7.40. The molecule has 0 saturated heterocycles. The SMILES string of the molecule is COc1c(O)cc2oc(-c3ccccc3O)c(OC)c(=O)c2c1O. The highest BCUT2D eigenvalue weighted by molar-refractivity contribution is 5.91.